The highest BCUT2D eigenvalue weighted by Gasteiger charge is 2.46. The number of hydrogen-bond donors (Lipinski definition) is 4. The molecule has 11 heteroatoms. The van der Waals surface area contributed by atoms with E-state index in [9.17, 15) is 20.2 Å². The lowest BCUT2D eigenvalue weighted by molar-refractivity contribution is -0.710. The average Bonchev–Trinajstić information content (AvgIpc) is 3.05. The zero-order valence-corrected chi connectivity index (χ0v) is 12.7. The number of hydrogen-bond acceptors (Lipinski definition) is 8. The molecule has 0 spiro atoms. The normalized spacial score (nSPS) is 35.2. The van der Waals surface area contributed by atoms with Crippen molar-refractivity contribution in [1.82, 2.24) is 10.3 Å². The third-order valence-electron chi connectivity index (χ3n) is 3.80. The van der Waals surface area contributed by atoms with Gasteiger partial charge in [0.25, 0.3) is 6.29 Å². The number of nitrogens with zero attached hydrogens (tertiary/aromatic N) is 3. The largest absolute Gasteiger partial charge is 0.569 e. The van der Waals surface area contributed by atoms with Crippen LogP contribution in [0.15, 0.2) is 5.28 Å². The Morgan fingerprint density at radius 2 is 2.09 bits per heavy atom. The quantitative estimate of drug-likeness (QED) is 0.252. The first-order valence-electron chi connectivity index (χ1n) is 7.42. The summed E-state index contributed by atoms with van der Waals surface area (Å²) in [6.45, 7) is 1.75. The Morgan fingerprint density at radius 1 is 1.43 bits per heavy atom. The Labute approximate surface area is 132 Å². The third-order valence-corrected chi connectivity index (χ3v) is 3.80. The van der Waals surface area contributed by atoms with Crippen molar-refractivity contribution in [2.75, 3.05) is 19.7 Å². The summed E-state index contributed by atoms with van der Waals surface area (Å²) in [4.78, 5) is 16.5. The minimum atomic E-state index is -1.45. The number of rotatable bonds is 5. The van der Waals surface area contributed by atoms with Gasteiger partial charge in [-0.3, -0.25) is 4.79 Å². The molecule has 2 aliphatic rings. The van der Waals surface area contributed by atoms with Gasteiger partial charge in [-0.25, -0.2) is 0 Å². The van der Waals surface area contributed by atoms with Crippen LogP contribution in [0.3, 0.4) is 0 Å². The van der Waals surface area contributed by atoms with Crippen molar-refractivity contribution in [2.45, 2.75) is 50.4 Å². The Bertz CT molecular complexity index is 443. The second-order valence-electron chi connectivity index (χ2n) is 5.53. The number of amides is 1. The summed E-state index contributed by atoms with van der Waals surface area (Å²) in [5, 5.41) is 48.0. The van der Waals surface area contributed by atoms with Gasteiger partial charge in [0, 0.05) is 6.92 Å². The number of ether oxygens (including phenoxy) is 1. The predicted octanol–water partition coefficient (Wildman–Crippen LogP) is -2.16. The van der Waals surface area contributed by atoms with Crippen LogP contribution in [0.4, 0.5) is 0 Å². The van der Waals surface area contributed by atoms with Crippen molar-refractivity contribution in [3.05, 3.63) is 5.21 Å². The van der Waals surface area contributed by atoms with Gasteiger partial charge in [-0.15, -0.1) is 5.01 Å². The fourth-order valence-electron chi connectivity index (χ4n) is 2.57. The van der Waals surface area contributed by atoms with Crippen molar-refractivity contribution in [1.29, 1.82) is 0 Å². The average molecular weight is 334 g/mol. The first-order chi connectivity index (χ1) is 10.9. The summed E-state index contributed by atoms with van der Waals surface area (Å²) in [5.74, 6) is -0.487. The van der Waals surface area contributed by atoms with Crippen molar-refractivity contribution >= 4 is 5.91 Å². The van der Waals surface area contributed by atoms with Crippen LogP contribution < -0.4 is 5.32 Å². The van der Waals surface area contributed by atoms with Gasteiger partial charge in [-0.1, -0.05) is 0 Å². The lowest BCUT2D eigenvalue weighted by Crippen LogP contribution is -2.64. The smallest absolute Gasteiger partial charge is 0.256 e. The molecular weight excluding hydrogens is 312 g/mol. The maximum absolute atomic E-state index is 11.8. The van der Waals surface area contributed by atoms with E-state index >= 15 is 0 Å². The van der Waals surface area contributed by atoms with Gasteiger partial charge in [0.2, 0.25) is 11.2 Å². The molecule has 2 saturated heterocycles. The number of carbonyl (C=O) groups is 1. The van der Waals surface area contributed by atoms with E-state index in [1.807, 2.05) is 0 Å². The summed E-state index contributed by atoms with van der Waals surface area (Å²) in [5.41, 5.74) is 0. The maximum atomic E-state index is 11.8. The molecule has 2 aliphatic heterocycles. The van der Waals surface area contributed by atoms with Crippen LogP contribution >= 0.6 is 0 Å². The van der Waals surface area contributed by atoms with Crippen LogP contribution in [0.25, 0.3) is 0 Å². The Balaban J connectivity index is 2.07. The zero-order chi connectivity index (χ0) is 17.0. The molecule has 4 N–H and O–H groups in total. The van der Waals surface area contributed by atoms with Crippen molar-refractivity contribution in [3.63, 3.8) is 0 Å². The van der Waals surface area contributed by atoms with Gasteiger partial charge in [-0.05, 0) is 12.8 Å². The van der Waals surface area contributed by atoms with E-state index in [2.05, 4.69) is 10.6 Å². The minimum absolute atomic E-state index is 0.284. The van der Waals surface area contributed by atoms with Crippen LogP contribution in [0.1, 0.15) is 19.8 Å². The fraction of sp³-hybridized carbons (Fsp3) is 0.917. The Morgan fingerprint density at radius 3 is 2.65 bits per heavy atom. The van der Waals surface area contributed by atoms with E-state index in [1.54, 1.807) is 0 Å². The molecule has 0 aromatic carbocycles. The van der Waals surface area contributed by atoms with E-state index in [0.29, 0.717) is 13.1 Å². The lowest BCUT2D eigenvalue weighted by Gasteiger charge is -2.40. The molecule has 5 atom stereocenters. The van der Waals surface area contributed by atoms with Crippen molar-refractivity contribution in [3.8, 4) is 0 Å². The summed E-state index contributed by atoms with van der Waals surface area (Å²) >= 11 is 0. The molecule has 11 nitrogen and oxygen atoms in total. The summed E-state index contributed by atoms with van der Waals surface area (Å²) < 4.78 is 5.27. The molecule has 0 saturated carbocycles. The van der Waals surface area contributed by atoms with Gasteiger partial charge >= 0.3 is 0 Å². The molecule has 0 aromatic rings. The summed E-state index contributed by atoms with van der Waals surface area (Å²) in [6, 6.07) is -1.14. The number of hydrazine groups is 1. The fourth-order valence-corrected chi connectivity index (χ4v) is 2.57. The van der Waals surface area contributed by atoms with Crippen molar-refractivity contribution in [2.24, 2.45) is 5.28 Å². The first-order valence-corrected chi connectivity index (χ1v) is 7.42. The topological polar surface area (TPSA) is 150 Å². The lowest BCUT2D eigenvalue weighted by atomic mass is 9.97. The van der Waals surface area contributed by atoms with E-state index in [4.69, 9.17) is 14.7 Å². The van der Waals surface area contributed by atoms with Gasteiger partial charge < -0.3 is 35.4 Å². The van der Waals surface area contributed by atoms with E-state index < -0.39 is 43.2 Å². The number of carbonyl (C=O) groups excluding carboxylic acids is 1. The first kappa shape index (κ1) is 17.7. The minimum Gasteiger partial charge on any atom is -0.569 e. The molecule has 1 amide bonds. The number of aliphatic hydroxyl groups excluding tert-OH is 3. The number of nitrogens with one attached hydrogen (secondary N) is 1. The van der Waals surface area contributed by atoms with E-state index in [-0.39, 0.29) is 4.97 Å². The van der Waals surface area contributed by atoms with E-state index in [1.165, 1.54) is 11.9 Å². The molecule has 0 radical (unpaired) electrons. The third kappa shape index (κ3) is 4.19. The molecule has 0 bridgehead atoms. The standard InChI is InChI=1S/C12H22N4O7/c1-7(18)13-9-11(20)10(19)8(6-17)22-12(9)23-14-16(21)15-4-2-3-5-15/h8-12,17,19-20H,2-6H2,1H3,(H,13,18)/b16-14-/t8?,9-,10-,11-,12+/m1/s1. The Hall–Kier alpha value is -1.69. The van der Waals surface area contributed by atoms with Crippen LogP contribution in [0.2, 0.25) is 0 Å². The van der Waals surface area contributed by atoms with Gasteiger partial charge in [0.05, 0.1) is 24.7 Å². The second kappa shape index (κ2) is 7.73. The van der Waals surface area contributed by atoms with Crippen molar-refractivity contribution < 1.29 is 34.7 Å². The summed E-state index contributed by atoms with van der Waals surface area (Å²) in [6.07, 6.45) is -3.56. The molecule has 0 aromatic heterocycles. The molecule has 2 fully saturated rings. The maximum Gasteiger partial charge on any atom is 0.256 e. The summed E-state index contributed by atoms with van der Waals surface area (Å²) in [7, 11) is 0. The second-order valence-corrected chi connectivity index (χ2v) is 5.53. The molecule has 23 heavy (non-hydrogen) atoms. The highest BCUT2D eigenvalue weighted by Crippen LogP contribution is 2.22. The molecular formula is C12H22N4O7. The highest BCUT2D eigenvalue weighted by molar-refractivity contribution is 5.73. The molecule has 1 unspecified atom stereocenters. The van der Waals surface area contributed by atoms with Crippen LogP contribution in [-0.4, -0.2) is 81.5 Å². The predicted molar refractivity (Wildman–Crippen MR) is 73.3 cm³/mol. The van der Waals surface area contributed by atoms with Crippen LogP contribution in [-0.2, 0) is 14.4 Å². The SMILES string of the molecule is CC(=O)N[C@H]1[C@H](O/N=[N+](\[O-])N2CCCC2)OC(CO)[C@@H](O)[C@@H]1O. The van der Waals surface area contributed by atoms with Crippen LogP contribution in [0.5, 0.6) is 0 Å². The molecule has 2 rings (SSSR count). The molecule has 2 heterocycles. The molecule has 132 valence electrons. The zero-order valence-electron chi connectivity index (χ0n) is 12.7. The highest BCUT2D eigenvalue weighted by atomic mass is 16.8. The van der Waals surface area contributed by atoms with Crippen LogP contribution in [0, 0.1) is 5.21 Å². The van der Waals surface area contributed by atoms with Gasteiger partial charge in [-0.2, -0.15) is 0 Å². The molecule has 0 aliphatic carbocycles. The van der Waals surface area contributed by atoms with E-state index in [0.717, 1.165) is 12.8 Å². The van der Waals surface area contributed by atoms with Gasteiger partial charge in [0.15, 0.2) is 0 Å². The van der Waals surface area contributed by atoms with Gasteiger partial charge in [0.1, 0.15) is 24.4 Å². The monoisotopic (exact) mass is 334 g/mol. The number of aliphatic hydroxyl groups is 3. The Kier molecular flexibility index (Phi) is 5.93.